The maximum Gasteiger partial charge on any atom is 0.407 e. The molecule has 1 aliphatic rings. The average Bonchev–Trinajstić information content (AvgIpc) is 3.46. The van der Waals surface area contributed by atoms with Crippen LogP contribution in [0.25, 0.3) is 22.2 Å². The maximum absolute atomic E-state index is 13.6. The number of hydrogen-bond acceptors (Lipinski definition) is 8. The van der Waals surface area contributed by atoms with Crippen molar-refractivity contribution in [3.8, 4) is 11.3 Å². The summed E-state index contributed by atoms with van der Waals surface area (Å²) >= 11 is 6.60. The molecule has 254 valence electrons. The number of amides is 2. The number of alkyl carbamates (subject to hydrolysis) is 1. The fourth-order valence-electron chi connectivity index (χ4n) is 5.88. The van der Waals surface area contributed by atoms with Crippen LogP contribution in [0.15, 0.2) is 96.2 Å². The fourth-order valence-corrected chi connectivity index (χ4v) is 7.47. The minimum Gasteiger partial charge on any atom is -0.444 e. The molecule has 1 saturated carbocycles. The molecular formula is C36H37ClN6O5S. The first-order valence-corrected chi connectivity index (χ1v) is 17.8. The summed E-state index contributed by atoms with van der Waals surface area (Å²) in [6.45, 7) is 5.46. The van der Waals surface area contributed by atoms with Crippen LogP contribution < -0.4 is 16.0 Å². The summed E-state index contributed by atoms with van der Waals surface area (Å²) in [4.78, 5) is 34.5. The lowest BCUT2D eigenvalue weighted by molar-refractivity contribution is -0.120. The SMILES string of the molecule is CC(C)(C)OC(=O)N[C@H]1CC[C@@H](C(=O)Nc2cccc(Nc3ncc(Cl)c(-c4cn(S(=O)(=O)c5ccccc5)c5ccccc45)n3)c2)CC1. The van der Waals surface area contributed by atoms with Crippen molar-refractivity contribution in [1.29, 1.82) is 0 Å². The van der Waals surface area contributed by atoms with Crippen LogP contribution in [0.3, 0.4) is 0 Å². The summed E-state index contributed by atoms with van der Waals surface area (Å²) in [5, 5.41) is 10.0. The smallest absolute Gasteiger partial charge is 0.407 e. The van der Waals surface area contributed by atoms with E-state index in [1.165, 1.54) is 16.4 Å². The van der Waals surface area contributed by atoms with Crippen LogP contribution in [0.2, 0.25) is 5.02 Å². The van der Waals surface area contributed by atoms with Gasteiger partial charge in [0.2, 0.25) is 11.9 Å². The highest BCUT2D eigenvalue weighted by molar-refractivity contribution is 7.90. The molecule has 13 heteroatoms. The normalized spacial score (nSPS) is 16.6. The first kappa shape index (κ1) is 33.9. The molecule has 11 nitrogen and oxygen atoms in total. The number of fused-ring (bicyclic) bond motifs is 1. The van der Waals surface area contributed by atoms with Crippen molar-refractivity contribution in [3.05, 3.63) is 96.3 Å². The zero-order valence-corrected chi connectivity index (χ0v) is 28.9. The van der Waals surface area contributed by atoms with Gasteiger partial charge < -0.3 is 20.7 Å². The van der Waals surface area contributed by atoms with Gasteiger partial charge in [0, 0.05) is 40.5 Å². The Balaban J connectivity index is 1.16. The Kier molecular flexibility index (Phi) is 9.62. The quantitative estimate of drug-likeness (QED) is 0.149. The standard InChI is InChI=1S/C36H37ClN6O5S/c1-36(2,3)48-35(45)41-24-18-16-23(17-19-24)33(44)39-25-10-9-11-26(20-25)40-34-38-21-30(37)32(42-34)29-22-43(31-15-8-7-14-28(29)31)49(46,47)27-12-5-4-6-13-27/h4-15,20-24H,16-19H2,1-3H3,(H,39,44)(H,41,45)(H,38,40,42)/t23-,24+. The van der Waals surface area contributed by atoms with Gasteiger partial charge in [-0.25, -0.2) is 27.2 Å². The van der Waals surface area contributed by atoms with Gasteiger partial charge in [0.05, 0.1) is 27.3 Å². The van der Waals surface area contributed by atoms with E-state index in [1.54, 1.807) is 60.7 Å². The third-order valence-corrected chi connectivity index (χ3v) is 10.1. The number of para-hydroxylation sites is 1. The van der Waals surface area contributed by atoms with Crippen molar-refractivity contribution in [2.75, 3.05) is 10.6 Å². The van der Waals surface area contributed by atoms with Crippen molar-refractivity contribution in [1.82, 2.24) is 19.3 Å². The zero-order chi connectivity index (χ0) is 34.8. The number of rotatable bonds is 8. The van der Waals surface area contributed by atoms with Gasteiger partial charge in [-0.1, -0.05) is 54.1 Å². The Hall–Kier alpha value is -4.94. The largest absolute Gasteiger partial charge is 0.444 e. The summed E-state index contributed by atoms with van der Waals surface area (Å²) in [6, 6.07) is 22.6. The minimum absolute atomic E-state index is 0.0273. The maximum atomic E-state index is 13.6. The Labute approximate surface area is 290 Å². The minimum atomic E-state index is -3.90. The first-order chi connectivity index (χ1) is 23.4. The van der Waals surface area contributed by atoms with Gasteiger partial charge in [-0.15, -0.1) is 0 Å². The number of nitrogens with one attached hydrogen (secondary N) is 3. The van der Waals surface area contributed by atoms with E-state index >= 15 is 0 Å². The second-order valence-corrected chi connectivity index (χ2v) is 15.2. The lowest BCUT2D eigenvalue weighted by Gasteiger charge is -2.29. The topological polar surface area (TPSA) is 144 Å². The van der Waals surface area contributed by atoms with Crippen LogP contribution in [0, 0.1) is 5.92 Å². The lowest BCUT2D eigenvalue weighted by Crippen LogP contribution is -2.42. The van der Waals surface area contributed by atoms with Gasteiger partial charge in [0.25, 0.3) is 10.0 Å². The van der Waals surface area contributed by atoms with E-state index in [9.17, 15) is 18.0 Å². The van der Waals surface area contributed by atoms with Crippen molar-refractivity contribution in [2.24, 2.45) is 5.92 Å². The van der Waals surface area contributed by atoms with Crippen LogP contribution in [-0.2, 0) is 19.6 Å². The third-order valence-electron chi connectivity index (χ3n) is 8.18. The first-order valence-electron chi connectivity index (χ1n) is 16.0. The molecule has 0 unspecified atom stereocenters. The second kappa shape index (κ2) is 13.9. The summed E-state index contributed by atoms with van der Waals surface area (Å²) < 4.78 is 33.8. The predicted molar refractivity (Wildman–Crippen MR) is 190 cm³/mol. The molecule has 0 saturated heterocycles. The van der Waals surface area contributed by atoms with Gasteiger partial charge in [-0.05, 0) is 82.9 Å². The summed E-state index contributed by atoms with van der Waals surface area (Å²) in [5.74, 6) is -0.0236. The van der Waals surface area contributed by atoms with Gasteiger partial charge in [-0.2, -0.15) is 0 Å². The predicted octanol–water partition coefficient (Wildman–Crippen LogP) is 7.75. The molecule has 2 heterocycles. The lowest BCUT2D eigenvalue weighted by atomic mass is 9.85. The Bertz CT molecular complexity index is 2110. The van der Waals surface area contributed by atoms with Gasteiger partial charge in [0.1, 0.15) is 5.60 Å². The van der Waals surface area contributed by atoms with E-state index in [2.05, 4.69) is 25.9 Å². The van der Waals surface area contributed by atoms with E-state index in [-0.39, 0.29) is 33.7 Å². The van der Waals surface area contributed by atoms with Gasteiger partial charge in [-0.3, -0.25) is 4.79 Å². The summed E-state index contributed by atoms with van der Waals surface area (Å²) in [7, 11) is -3.90. The molecule has 2 amide bonds. The van der Waals surface area contributed by atoms with E-state index in [0.717, 1.165) is 0 Å². The molecule has 2 aromatic heterocycles. The number of anilines is 3. The van der Waals surface area contributed by atoms with Crippen LogP contribution in [0.4, 0.5) is 22.1 Å². The highest BCUT2D eigenvalue weighted by atomic mass is 35.5. The van der Waals surface area contributed by atoms with Crippen molar-refractivity contribution in [2.45, 2.75) is 63.0 Å². The summed E-state index contributed by atoms with van der Waals surface area (Å²) in [5.41, 5.74) is 2.04. The van der Waals surface area contributed by atoms with E-state index in [0.29, 0.717) is 59.2 Å². The van der Waals surface area contributed by atoms with Crippen LogP contribution in [0.5, 0.6) is 0 Å². The number of carbonyl (C=O) groups is 2. The van der Waals surface area contributed by atoms with Crippen molar-refractivity contribution >= 4 is 61.9 Å². The molecule has 49 heavy (non-hydrogen) atoms. The van der Waals surface area contributed by atoms with Crippen molar-refractivity contribution in [3.63, 3.8) is 0 Å². The highest BCUT2D eigenvalue weighted by Crippen LogP contribution is 2.36. The number of nitrogens with zero attached hydrogens (tertiary/aromatic N) is 3. The Morgan fingerprint density at radius 3 is 2.35 bits per heavy atom. The number of hydrogen-bond donors (Lipinski definition) is 3. The van der Waals surface area contributed by atoms with Crippen LogP contribution in [0.1, 0.15) is 46.5 Å². The molecule has 0 radical (unpaired) electrons. The van der Waals surface area contributed by atoms with E-state index in [1.807, 2.05) is 39.0 Å². The number of benzene rings is 3. The second-order valence-electron chi connectivity index (χ2n) is 13.0. The van der Waals surface area contributed by atoms with Gasteiger partial charge in [0.15, 0.2) is 0 Å². The zero-order valence-electron chi connectivity index (χ0n) is 27.3. The number of ether oxygens (including phenoxy) is 1. The fraction of sp³-hybridized carbons (Fsp3) is 0.278. The monoisotopic (exact) mass is 700 g/mol. The molecule has 6 rings (SSSR count). The Morgan fingerprint density at radius 1 is 0.918 bits per heavy atom. The third kappa shape index (κ3) is 7.87. The number of aromatic nitrogens is 3. The van der Waals surface area contributed by atoms with E-state index < -0.39 is 21.7 Å². The molecule has 0 aliphatic heterocycles. The van der Waals surface area contributed by atoms with Crippen molar-refractivity contribution < 1.29 is 22.7 Å². The molecule has 5 aromatic rings. The van der Waals surface area contributed by atoms with Crippen LogP contribution in [-0.4, -0.2) is 46.0 Å². The molecule has 1 fully saturated rings. The molecule has 3 aromatic carbocycles. The number of halogens is 1. The Morgan fingerprint density at radius 2 is 1.61 bits per heavy atom. The highest BCUT2D eigenvalue weighted by Gasteiger charge is 2.29. The van der Waals surface area contributed by atoms with Crippen LogP contribution >= 0.6 is 11.6 Å². The molecule has 0 spiro atoms. The summed E-state index contributed by atoms with van der Waals surface area (Å²) in [6.07, 6.45) is 5.22. The molecule has 1 aliphatic carbocycles. The molecular weight excluding hydrogens is 664 g/mol. The molecule has 0 atom stereocenters. The average molecular weight is 701 g/mol. The molecule has 0 bridgehead atoms. The van der Waals surface area contributed by atoms with E-state index in [4.69, 9.17) is 16.3 Å². The molecule has 3 N–H and O–H groups in total. The van der Waals surface area contributed by atoms with Gasteiger partial charge >= 0.3 is 6.09 Å². The number of carbonyl (C=O) groups excluding carboxylic acids is 2.